The molecule has 0 saturated carbocycles. The van der Waals surface area contributed by atoms with E-state index in [0.717, 1.165) is 17.1 Å². The van der Waals surface area contributed by atoms with Crippen molar-refractivity contribution in [3.63, 3.8) is 0 Å². The standard InChI is InChI=1S/C20H21N3O2S/c1-14(24)15-7-9-16(10-8-15)21-19(25)11-12-23(2)13-20-22-17-5-3-4-6-18(17)26-20/h3-10H,11-13H2,1-2H3,(H,21,25). The molecule has 3 aromatic rings. The van der Waals surface area contributed by atoms with Crippen LogP contribution in [0.2, 0.25) is 0 Å². The van der Waals surface area contributed by atoms with Crippen molar-refractivity contribution in [2.75, 3.05) is 18.9 Å². The van der Waals surface area contributed by atoms with Crippen molar-refractivity contribution in [3.05, 3.63) is 59.1 Å². The van der Waals surface area contributed by atoms with Crippen molar-refractivity contribution >= 4 is 38.9 Å². The molecule has 6 heteroatoms. The zero-order valence-corrected chi connectivity index (χ0v) is 15.7. The van der Waals surface area contributed by atoms with Gasteiger partial charge in [0.05, 0.1) is 16.8 Å². The van der Waals surface area contributed by atoms with Gasteiger partial charge in [0.2, 0.25) is 5.91 Å². The maximum atomic E-state index is 12.1. The van der Waals surface area contributed by atoms with Crippen molar-refractivity contribution in [2.45, 2.75) is 19.9 Å². The van der Waals surface area contributed by atoms with E-state index in [1.807, 2.05) is 25.2 Å². The van der Waals surface area contributed by atoms with Crippen LogP contribution >= 0.6 is 11.3 Å². The largest absolute Gasteiger partial charge is 0.326 e. The second kappa shape index (κ2) is 8.21. The minimum Gasteiger partial charge on any atom is -0.326 e. The molecule has 0 atom stereocenters. The van der Waals surface area contributed by atoms with Crippen molar-refractivity contribution in [3.8, 4) is 0 Å². The molecule has 0 aliphatic carbocycles. The number of nitrogens with one attached hydrogen (secondary N) is 1. The summed E-state index contributed by atoms with van der Waals surface area (Å²) in [6.45, 7) is 2.89. The lowest BCUT2D eigenvalue weighted by Crippen LogP contribution is -2.24. The van der Waals surface area contributed by atoms with Gasteiger partial charge in [0.1, 0.15) is 5.01 Å². The zero-order valence-electron chi connectivity index (χ0n) is 14.9. The van der Waals surface area contributed by atoms with Gasteiger partial charge in [0, 0.05) is 24.2 Å². The van der Waals surface area contributed by atoms with Gasteiger partial charge < -0.3 is 5.32 Å². The number of amides is 1. The molecule has 1 N–H and O–H groups in total. The van der Waals surface area contributed by atoms with Crippen molar-refractivity contribution in [1.82, 2.24) is 9.88 Å². The molecule has 0 bridgehead atoms. The van der Waals surface area contributed by atoms with Crippen LogP contribution < -0.4 is 5.32 Å². The van der Waals surface area contributed by atoms with Gasteiger partial charge >= 0.3 is 0 Å². The van der Waals surface area contributed by atoms with Crippen LogP contribution in [0.25, 0.3) is 10.2 Å². The van der Waals surface area contributed by atoms with Crippen LogP contribution in [0.5, 0.6) is 0 Å². The molecule has 0 aliphatic rings. The molecule has 0 radical (unpaired) electrons. The third kappa shape index (κ3) is 4.74. The highest BCUT2D eigenvalue weighted by Crippen LogP contribution is 2.22. The Morgan fingerprint density at radius 1 is 1.12 bits per heavy atom. The van der Waals surface area contributed by atoms with Gasteiger partial charge in [-0.15, -0.1) is 11.3 Å². The Labute approximate surface area is 156 Å². The molecule has 1 amide bonds. The van der Waals surface area contributed by atoms with Crippen molar-refractivity contribution in [1.29, 1.82) is 0 Å². The number of rotatable bonds is 7. The normalized spacial score (nSPS) is 11.0. The van der Waals surface area contributed by atoms with Gasteiger partial charge in [-0.05, 0) is 50.4 Å². The quantitative estimate of drug-likeness (QED) is 0.642. The SMILES string of the molecule is CC(=O)c1ccc(NC(=O)CCN(C)Cc2nc3ccccc3s2)cc1. The number of benzene rings is 2. The van der Waals surface area contributed by atoms with Crippen LogP contribution in [0, 0.1) is 0 Å². The number of anilines is 1. The van der Waals surface area contributed by atoms with Crippen LogP contribution in [-0.4, -0.2) is 35.2 Å². The van der Waals surface area contributed by atoms with Crippen molar-refractivity contribution < 1.29 is 9.59 Å². The fraction of sp³-hybridized carbons (Fsp3) is 0.250. The number of para-hydroxylation sites is 1. The number of hydrogen-bond acceptors (Lipinski definition) is 5. The Morgan fingerprint density at radius 2 is 1.85 bits per heavy atom. The predicted octanol–water partition coefficient (Wildman–Crippen LogP) is 3.96. The van der Waals surface area contributed by atoms with Gasteiger partial charge in [0.25, 0.3) is 0 Å². The number of thiazole rings is 1. The summed E-state index contributed by atoms with van der Waals surface area (Å²) in [5.74, 6) is -0.0314. The first-order valence-corrected chi connectivity index (χ1v) is 9.27. The highest BCUT2D eigenvalue weighted by Gasteiger charge is 2.09. The number of nitrogens with zero attached hydrogens (tertiary/aromatic N) is 2. The highest BCUT2D eigenvalue weighted by atomic mass is 32.1. The van der Waals surface area contributed by atoms with E-state index < -0.39 is 0 Å². The van der Waals surface area contributed by atoms with Crippen LogP contribution in [0.4, 0.5) is 5.69 Å². The number of carbonyl (C=O) groups excluding carboxylic acids is 2. The molecule has 0 fully saturated rings. The number of hydrogen-bond donors (Lipinski definition) is 1. The molecule has 3 rings (SSSR count). The summed E-state index contributed by atoms with van der Waals surface area (Å²) >= 11 is 1.69. The summed E-state index contributed by atoms with van der Waals surface area (Å²) in [5.41, 5.74) is 2.36. The van der Waals surface area contributed by atoms with E-state index in [0.29, 0.717) is 24.2 Å². The maximum absolute atomic E-state index is 12.1. The fourth-order valence-corrected chi connectivity index (χ4v) is 3.65. The first kappa shape index (κ1) is 18.2. The minimum atomic E-state index is -0.0447. The molecule has 0 unspecified atom stereocenters. The molecule has 5 nitrogen and oxygen atoms in total. The summed E-state index contributed by atoms with van der Waals surface area (Å²) in [6, 6.07) is 15.0. The molecule has 2 aromatic carbocycles. The van der Waals surface area contributed by atoms with Gasteiger partial charge in [-0.25, -0.2) is 4.98 Å². The summed E-state index contributed by atoms with van der Waals surface area (Å²) < 4.78 is 1.18. The fourth-order valence-electron chi connectivity index (χ4n) is 2.60. The molecular formula is C20H21N3O2S. The lowest BCUT2D eigenvalue weighted by molar-refractivity contribution is -0.116. The number of aromatic nitrogens is 1. The van der Waals surface area contributed by atoms with E-state index in [1.54, 1.807) is 35.6 Å². The van der Waals surface area contributed by atoms with Crippen LogP contribution in [-0.2, 0) is 11.3 Å². The van der Waals surface area contributed by atoms with Gasteiger partial charge in [0.15, 0.2) is 5.78 Å². The zero-order chi connectivity index (χ0) is 18.5. The number of Topliss-reactive ketones (excluding diaryl/α,β-unsaturated/α-hetero) is 1. The third-order valence-corrected chi connectivity index (χ3v) is 5.06. The first-order valence-electron chi connectivity index (χ1n) is 8.45. The molecule has 134 valence electrons. The number of ketones is 1. The molecule has 0 saturated heterocycles. The summed E-state index contributed by atoms with van der Waals surface area (Å²) in [5, 5.41) is 3.91. The predicted molar refractivity (Wildman–Crippen MR) is 106 cm³/mol. The van der Waals surface area contributed by atoms with Gasteiger partial charge in [-0.1, -0.05) is 12.1 Å². The molecule has 0 aliphatic heterocycles. The summed E-state index contributed by atoms with van der Waals surface area (Å²) in [7, 11) is 1.99. The Balaban J connectivity index is 1.48. The van der Waals surface area contributed by atoms with Crippen LogP contribution in [0.15, 0.2) is 48.5 Å². The van der Waals surface area contributed by atoms with Gasteiger partial charge in [-0.3, -0.25) is 14.5 Å². The Kier molecular flexibility index (Phi) is 5.75. The lowest BCUT2D eigenvalue weighted by atomic mass is 10.1. The minimum absolute atomic E-state index is 0.0133. The van der Waals surface area contributed by atoms with E-state index in [1.165, 1.54) is 11.6 Å². The average molecular weight is 367 g/mol. The van der Waals surface area contributed by atoms with Crippen LogP contribution in [0.1, 0.15) is 28.7 Å². The number of fused-ring (bicyclic) bond motifs is 1. The molecular weight excluding hydrogens is 346 g/mol. The maximum Gasteiger partial charge on any atom is 0.225 e. The van der Waals surface area contributed by atoms with Crippen LogP contribution in [0.3, 0.4) is 0 Å². The smallest absolute Gasteiger partial charge is 0.225 e. The number of carbonyl (C=O) groups is 2. The second-order valence-electron chi connectivity index (χ2n) is 6.24. The van der Waals surface area contributed by atoms with E-state index in [-0.39, 0.29) is 11.7 Å². The lowest BCUT2D eigenvalue weighted by Gasteiger charge is -2.14. The van der Waals surface area contributed by atoms with E-state index in [2.05, 4.69) is 21.3 Å². The van der Waals surface area contributed by atoms with Crippen molar-refractivity contribution in [2.24, 2.45) is 0 Å². The molecule has 1 aromatic heterocycles. The monoisotopic (exact) mass is 367 g/mol. The first-order chi connectivity index (χ1) is 12.5. The highest BCUT2D eigenvalue weighted by molar-refractivity contribution is 7.18. The van der Waals surface area contributed by atoms with E-state index in [9.17, 15) is 9.59 Å². The Bertz CT molecular complexity index is 885. The van der Waals surface area contributed by atoms with Gasteiger partial charge in [-0.2, -0.15) is 0 Å². The topological polar surface area (TPSA) is 62.3 Å². The van der Waals surface area contributed by atoms with E-state index >= 15 is 0 Å². The Hall–Kier alpha value is -2.57. The summed E-state index contributed by atoms with van der Waals surface area (Å²) in [6.07, 6.45) is 0.399. The Morgan fingerprint density at radius 3 is 2.54 bits per heavy atom. The molecule has 1 heterocycles. The second-order valence-corrected chi connectivity index (χ2v) is 7.36. The third-order valence-electron chi connectivity index (χ3n) is 4.04. The van der Waals surface area contributed by atoms with E-state index in [4.69, 9.17) is 0 Å². The average Bonchev–Trinajstić information content (AvgIpc) is 3.02. The molecule has 26 heavy (non-hydrogen) atoms. The summed E-state index contributed by atoms with van der Waals surface area (Å²) in [4.78, 5) is 30.1. The molecule has 0 spiro atoms.